The second-order valence-corrected chi connectivity index (χ2v) is 9.02. The van der Waals surface area contributed by atoms with Gasteiger partial charge in [0, 0.05) is 10.9 Å². The van der Waals surface area contributed by atoms with E-state index in [2.05, 4.69) is 0 Å². The van der Waals surface area contributed by atoms with E-state index in [1.165, 1.54) is 24.3 Å². The second-order valence-electron chi connectivity index (χ2n) is 6.51. The largest absolute Gasteiger partial charge is 0.481 e. The highest BCUT2D eigenvalue weighted by molar-refractivity contribution is 7.92. The van der Waals surface area contributed by atoms with Crippen LogP contribution in [0.15, 0.2) is 47.4 Å². The minimum Gasteiger partial charge on any atom is -0.481 e. The summed E-state index contributed by atoms with van der Waals surface area (Å²) in [6, 6.07) is 10.3. The molecule has 0 unspecified atom stereocenters. The summed E-state index contributed by atoms with van der Waals surface area (Å²) in [5.74, 6) is -1.37. The van der Waals surface area contributed by atoms with Crippen LogP contribution < -0.4 is 9.47 Å². The fourth-order valence-electron chi connectivity index (χ4n) is 3.72. The maximum Gasteiger partial charge on any atom is 0.314 e. The lowest BCUT2D eigenvalue weighted by Gasteiger charge is -2.09. The Labute approximate surface area is 160 Å². The number of ether oxygens (including phenoxy) is 2. The molecule has 27 heavy (non-hydrogen) atoms. The lowest BCUT2D eigenvalue weighted by molar-refractivity contribution is -0.145. The van der Waals surface area contributed by atoms with Crippen molar-refractivity contribution in [3.05, 3.63) is 53.1 Å². The van der Waals surface area contributed by atoms with Crippen molar-refractivity contribution in [2.24, 2.45) is 5.41 Å². The number of rotatable bonds is 5. The van der Waals surface area contributed by atoms with Crippen molar-refractivity contribution in [3.63, 3.8) is 0 Å². The summed E-state index contributed by atoms with van der Waals surface area (Å²) < 4.78 is 36.8. The molecule has 4 rings (SSSR count). The number of carbonyl (C=O) groups is 1. The monoisotopic (exact) mass is 410 g/mol. The number of carboxylic acids is 1. The van der Waals surface area contributed by atoms with Crippen molar-refractivity contribution in [3.8, 4) is 11.5 Å². The lowest BCUT2D eigenvalue weighted by atomic mass is 10.00. The highest BCUT2D eigenvalue weighted by Crippen LogP contribution is 2.64. The molecule has 9 heteroatoms. The van der Waals surface area contributed by atoms with Crippen LogP contribution >= 0.6 is 11.6 Å². The van der Waals surface area contributed by atoms with E-state index < -0.39 is 39.0 Å². The Morgan fingerprint density at radius 3 is 2.44 bits per heavy atom. The topological polar surface area (TPSA) is 110 Å². The van der Waals surface area contributed by atoms with E-state index in [0.717, 1.165) is 0 Å². The van der Waals surface area contributed by atoms with Crippen molar-refractivity contribution in [2.45, 2.75) is 16.1 Å². The van der Waals surface area contributed by atoms with Crippen LogP contribution in [0.1, 0.15) is 11.5 Å². The van der Waals surface area contributed by atoms with E-state index in [9.17, 15) is 23.4 Å². The number of sulfone groups is 1. The van der Waals surface area contributed by atoms with Gasteiger partial charge in [0.2, 0.25) is 6.79 Å². The molecule has 2 N–H and O–H groups in total. The number of aliphatic carboxylic acids is 1. The smallest absolute Gasteiger partial charge is 0.314 e. The number of benzene rings is 2. The molecule has 7 nitrogen and oxygen atoms in total. The number of aliphatic hydroxyl groups is 1. The Morgan fingerprint density at radius 1 is 1.15 bits per heavy atom. The standard InChI is InChI=1S/C18H15ClO7S/c19-11-2-4-12(5-3-11)27(23,24)16-15(18(16,8-20)17(21)22)10-1-6-13-14(7-10)26-9-25-13/h1-7,15-16,20H,8-9H2,(H,21,22)/t15-,16+,18-/m1/s1. The molecule has 0 saturated heterocycles. The van der Waals surface area contributed by atoms with Gasteiger partial charge in [-0.15, -0.1) is 0 Å². The summed E-state index contributed by atoms with van der Waals surface area (Å²) in [5.41, 5.74) is -1.37. The van der Waals surface area contributed by atoms with E-state index in [4.69, 9.17) is 21.1 Å². The molecule has 1 fully saturated rings. The van der Waals surface area contributed by atoms with Crippen LogP contribution in [0, 0.1) is 5.41 Å². The van der Waals surface area contributed by atoms with E-state index in [-0.39, 0.29) is 11.7 Å². The first kappa shape index (κ1) is 18.1. The highest BCUT2D eigenvalue weighted by atomic mass is 35.5. The first-order valence-electron chi connectivity index (χ1n) is 8.05. The van der Waals surface area contributed by atoms with Gasteiger partial charge in [-0.2, -0.15) is 0 Å². The third-order valence-electron chi connectivity index (χ3n) is 5.15. The molecule has 1 saturated carbocycles. The van der Waals surface area contributed by atoms with Crippen LogP contribution in [0.3, 0.4) is 0 Å². The van der Waals surface area contributed by atoms with Gasteiger partial charge in [0.05, 0.1) is 16.8 Å². The molecular formula is C18H15ClO7S. The van der Waals surface area contributed by atoms with Crippen LogP contribution in [0.25, 0.3) is 0 Å². The van der Waals surface area contributed by atoms with Gasteiger partial charge in [-0.3, -0.25) is 4.79 Å². The van der Waals surface area contributed by atoms with Crippen molar-refractivity contribution < 1.29 is 32.9 Å². The highest BCUT2D eigenvalue weighted by Gasteiger charge is 2.75. The maximum atomic E-state index is 13.1. The predicted octanol–water partition coefficient (Wildman–Crippen LogP) is 2.07. The van der Waals surface area contributed by atoms with Crippen LogP contribution in [0.2, 0.25) is 5.02 Å². The van der Waals surface area contributed by atoms with Gasteiger partial charge in [0.1, 0.15) is 5.41 Å². The zero-order valence-corrected chi connectivity index (χ0v) is 15.4. The normalized spacial score (nSPS) is 26.0. The molecular weight excluding hydrogens is 396 g/mol. The van der Waals surface area contributed by atoms with Crippen LogP contribution in [0.5, 0.6) is 11.5 Å². The molecule has 0 aromatic heterocycles. The summed E-state index contributed by atoms with van der Waals surface area (Å²) in [7, 11) is -4.03. The minimum atomic E-state index is -4.03. The van der Waals surface area contributed by atoms with E-state index in [1.54, 1.807) is 18.2 Å². The third kappa shape index (κ3) is 2.59. The fraction of sp³-hybridized carbons (Fsp3) is 0.278. The fourth-order valence-corrected chi connectivity index (χ4v) is 6.21. The van der Waals surface area contributed by atoms with Gasteiger partial charge in [0.15, 0.2) is 21.3 Å². The van der Waals surface area contributed by atoms with E-state index in [1.807, 2.05) is 0 Å². The van der Waals surface area contributed by atoms with Crippen molar-refractivity contribution in [1.29, 1.82) is 0 Å². The van der Waals surface area contributed by atoms with E-state index in [0.29, 0.717) is 22.1 Å². The first-order chi connectivity index (χ1) is 12.8. The SMILES string of the molecule is O=C(O)[C@]1(CO)[C@H](c2ccc3c(c2)OCO3)[C@@H]1S(=O)(=O)c1ccc(Cl)cc1. The molecule has 0 spiro atoms. The Morgan fingerprint density at radius 2 is 1.81 bits per heavy atom. The van der Waals surface area contributed by atoms with Gasteiger partial charge in [-0.25, -0.2) is 8.42 Å². The van der Waals surface area contributed by atoms with Crippen LogP contribution in [-0.4, -0.2) is 43.2 Å². The molecule has 2 aromatic carbocycles. The average Bonchev–Trinajstić information content (AvgIpc) is 3.15. The number of fused-ring (bicyclic) bond motifs is 1. The molecule has 142 valence electrons. The number of hydrogen-bond donors (Lipinski definition) is 2. The molecule has 3 atom stereocenters. The quantitative estimate of drug-likeness (QED) is 0.776. The Bertz CT molecular complexity index is 1020. The zero-order chi connectivity index (χ0) is 19.4. The number of halogens is 1. The van der Waals surface area contributed by atoms with Crippen molar-refractivity contribution in [1.82, 2.24) is 0 Å². The summed E-state index contributed by atoms with van der Waals surface area (Å²) >= 11 is 5.81. The molecule has 0 radical (unpaired) electrons. The zero-order valence-electron chi connectivity index (χ0n) is 13.8. The number of carboxylic acid groups (broad SMARTS) is 1. The van der Waals surface area contributed by atoms with Gasteiger partial charge >= 0.3 is 5.97 Å². The second kappa shape index (κ2) is 6.12. The third-order valence-corrected chi connectivity index (χ3v) is 7.69. The van der Waals surface area contributed by atoms with E-state index >= 15 is 0 Å². The molecule has 1 aliphatic heterocycles. The van der Waals surface area contributed by atoms with Gasteiger partial charge in [0.25, 0.3) is 0 Å². The molecule has 1 heterocycles. The summed E-state index contributed by atoms with van der Waals surface area (Å²) in [6.07, 6.45) is 0. The summed E-state index contributed by atoms with van der Waals surface area (Å²) in [4.78, 5) is 11.9. The Kier molecular flexibility index (Phi) is 4.10. The van der Waals surface area contributed by atoms with Crippen LogP contribution in [0.4, 0.5) is 0 Å². The summed E-state index contributed by atoms with van der Waals surface area (Å²) in [5, 5.41) is 18.7. The molecule has 2 aliphatic rings. The minimum absolute atomic E-state index is 0.0417. The molecule has 0 bridgehead atoms. The van der Waals surface area contributed by atoms with Crippen molar-refractivity contribution >= 4 is 27.4 Å². The number of aliphatic hydroxyl groups excluding tert-OH is 1. The molecule has 2 aromatic rings. The lowest BCUT2D eigenvalue weighted by Crippen LogP contribution is -2.27. The van der Waals surface area contributed by atoms with Gasteiger partial charge in [-0.1, -0.05) is 17.7 Å². The van der Waals surface area contributed by atoms with Crippen molar-refractivity contribution in [2.75, 3.05) is 13.4 Å². The average molecular weight is 411 g/mol. The Hall–Kier alpha value is -2.29. The Balaban J connectivity index is 1.80. The predicted molar refractivity (Wildman–Crippen MR) is 94.9 cm³/mol. The summed E-state index contributed by atoms with van der Waals surface area (Å²) in [6.45, 7) is -0.765. The first-order valence-corrected chi connectivity index (χ1v) is 9.98. The van der Waals surface area contributed by atoms with Crippen LogP contribution in [-0.2, 0) is 14.6 Å². The number of hydrogen-bond acceptors (Lipinski definition) is 6. The molecule has 0 amide bonds. The van der Waals surface area contributed by atoms with Gasteiger partial charge in [-0.05, 0) is 42.0 Å². The molecule has 1 aliphatic carbocycles. The maximum absolute atomic E-state index is 13.1. The van der Waals surface area contributed by atoms with Gasteiger partial charge < -0.3 is 19.7 Å².